The van der Waals surface area contributed by atoms with Crippen LogP contribution >= 0.6 is 0 Å². The summed E-state index contributed by atoms with van der Waals surface area (Å²) in [7, 11) is 0. The number of carboxylic acid groups (broad SMARTS) is 1. The van der Waals surface area contributed by atoms with Gasteiger partial charge in [0, 0.05) is 12.1 Å². The minimum Gasteiger partial charge on any atom is -0.481 e. The van der Waals surface area contributed by atoms with Crippen molar-refractivity contribution in [2.75, 3.05) is 13.2 Å². The van der Waals surface area contributed by atoms with Crippen molar-refractivity contribution < 1.29 is 33.4 Å². The second-order valence-electron chi connectivity index (χ2n) is 6.37. The van der Waals surface area contributed by atoms with E-state index in [1.165, 1.54) is 24.3 Å². The fraction of sp³-hybridized carbons (Fsp3) is 0.143. The number of imide groups is 2. The summed E-state index contributed by atoms with van der Waals surface area (Å²) in [6.45, 7) is -0.610. The van der Waals surface area contributed by atoms with Crippen molar-refractivity contribution in [3.05, 3.63) is 71.0 Å². The van der Waals surface area contributed by atoms with Crippen LogP contribution in [0.5, 0.6) is 5.75 Å². The highest BCUT2D eigenvalue weighted by molar-refractivity contribution is 6.31. The van der Waals surface area contributed by atoms with Crippen LogP contribution < -0.4 is 10.1 Å². The Kier molecular flexibility index (Phi) is 6.21. The number of ether oxygens (including phenoxy) is 1. The predicted molar refractivity (Wildman–Crippen MR) is 103 cm³/mol. The molecule has 30 heavy (non-hydrogen) atoms. The van der Waals surface area contributed by atoms with Gasteiger partial charge in [0.2, 0.25) is 0 Å². The molecule has 0 bridgehead atoms. The molecular formula is C21H17FN2O6. The minimum absolute atomic E-state index is 0.0158. The summed E-state index contributed by atoms with van der Waals surface area (Å²) in [6.07, 6.45) is 1.52. The summed E-state index contributed by atoms with van der Waals surface area (Å²) in [5.41, 5.74) is 0.733. The molecule has 1 heterocycles. The van der Waals surface area contributed by atoms with Gasteiger partial charge in [-0.1, -0.05) is 30.3 Å². The lowest BCUT2D eigenvalue weighted by atomic mass is 10.1. The summed E-state index contributed by atoms with van der Waals surface area (Å²) in [4.78, 5) is 48.8. The molecule has 1 saturated heterocycles. The largest absolute Gasteiger partial charge is 0.481 e. The third-order valence-corrected chi connectivity index (χ3v) is 4.29. The SMILES string of the molecule is O=C(O)COc1ccccc1/C=C1\C(=O)NC(=O)N(CCc2ccc(F)cc2)C1=O. The van der Waals surface area contributed by atoms with Crippen LogP contribution in [-0.2, 0) is 20.8 Å². The fourth-order valence-electron chi connectivity index (χ4n) is 2.82. The number of nitrogens with zero attached hydrogens (tertiary/aromatic N) is 1. The molecule has 1 aliphatic rings. The van der Waals surface area contributed by atoms with E-state index in [1.54, 1.807) is 30.3 Å². The average molecular weight is 412 g/mol. The Balaban J connectivity index is 1.82. The second-order valence-corrected chi connectivity index (χ2v) is 6.37. The van der Waals surface area contributed by atoms with Crippen molar-refractivity contribution in [2.45, 2.75) is 6.42 Å². The molecule has 1 fully saturated rings. The Morgan fingerprint density at radius 3 is 2.50 bits per heavy atom. The van der Waals surface area contributed by atoms with E-state index >= 15 is 0 Å². The van der Waals surface area contributed by atoms with E-state index in [0.717, 1.165) is 4.90 Å². The van der Waals surface area contributed by atoms with E-state index < -0.39 is 36.2 Å². The van der Waals surface area contributed by atoms with Gasteiger partial charge in [-0.2, -0.15) is 0 Å². The summed E-state index contributed by atoms with van der Waals surface area (Å²) < 4.78 is 18.2. The molecule has 0 atom stereocenters. The van der Waals surface area contributed by atoms with Crippen molar-refractivity contribution in [3.63, 3.8) is 0 Å². The highest BCUT2D eigenvalue weighted by Crippen LogP contribution is 2.23. The number of amides is 4. The lowest BCUT2D eigenvalue weighted by molar-refractivity contribution is -0.139. The molecule has 0 aliphatic carbocycles. The molecule has 2 aromatic carbocycles. The number of para-hydroxylation sites is 1. The number of benzene rings is 2. The zero-order valence-corrected chi connectivity index (χ0v) is 15.6. The van der Waals surface area contributed by atoms with Gasteiger partial charge in [0.25, 0.3) is 11.8 Å². The Morgan fingerprint density at radius 2 is 1.80 bits per heavy atom. The van der Waals surface area contributed by atoms with Gasteiger partial charge in [-0.3, -0.25) is 19.8 Å². The topological polar surface area (TPSA) is 113 Å². The molecule has 2 aromatic rings. The van der Waals surface area contributed by atoms with Gasteiger partial charge in [-0.15, -0.1) is 0 Å². The van der Waals surface area contributed by atoms with Crippen LogP contribution in [0, 0.1) is 5.82 Å². The standard InChI is InChI=1S/C21H17FN2O6/c22-15-7-5-13(6-8-15)9-10-24-20(28)16(19(27)23-21(24)29)11-14-3-1-2-4-17(14)30-12-18(25)26/h1-8,11H,9-10,12H2,(H,25,26)(H,23,27,29)/b16-11+. The molecule has 154 valence electrons. The van der Waals surface area contributed by atoms with Gasteiger partial charge in [0.05, 0.1) is 0 Å². The molecule has 0 aromatic heterocycles. The first-order valence-electron chi connectivity index (χ1n) is 8.92. The highest BCUT2D eigenvalue weighted by Gasteiger charge is 2.35. The van der Waals surface area contributed by atoms with Gasteiger partial charge in [0.15, 0.2) is 6.61 Å². The van der Waals surface area contributed by atoms with Gasteiger partial charge < -0.3 is 9.84 Å². The maximum Gasteiger partial charge on any atom is 0.341 e. The van der Waals surface area contributed by atoms with Crippen molar-refractivity contribution in [1.82, 2.24) is 10.2 Å². The number of rotatable bonds is 7. The Labute approximate surface area is 170 Å². The third-order valence-electron chi connectivity index (χ3n) is 4.29. The van der Waals surface area contributed by atoms with E-state index in [2.05, 4.69) is 5.32 Å². The Bertz CT molecular complexity index is 1030. The molecule has 8 nitrogen and oxygen atoms in total. The maximum atomic E-state index is 13.0. The number of nitrogens with one attached hydrogen (secondary N) is 1. The zero-order chi connectivity index (χ0) is 21.7. The monoisotopic (exact) mass is 412 g/mol. The minimum atomic E-state index is -1.18. The third kappa shape index (κ3) is 4.88. The van der Waals surface area contributed by atoms with Crippen molar-refractivity contribution in [2.24, 2.45) is 0 Å². The van der Waals surface area contributed by atoms with E-state index in [0.29, 0.717) is 11.1 Å². The number of hydrogen-bond acceptors (Lipinski definition) is 5. The second kappa shape index (κ2) is 8.99. The first-order valence-corrected chi connectivity index (χ1v) is 8.92. The molecule has 0 unspecified atom stereocenters. The van der Waals surface area contributed by atoms with E-state index in [9.17, 15) is 23.6 Å². The quantitative estimate of drug-likeness (QED) is 0.531. The van der Waals surface area contributed by atoms with Crippen molar-refractivity contribution in [1.29, 1.82) is 0 Å². The van der Waals surface area contributed by atoms with Gasteiger partial charge in [-0.25, -0.2) is 14.0 Å². The van der Waals surface area contributed by atoms with Crippen molar-refractivity contribution in [3.8, 4) is 5.75 Å². The number of hydrogen-bond donors (Lipinski definition) is 2. The number of aliphatic carboxylic acids is 1. The predicted octanol–water partition coefficient (Wildman–Crippen LogP) is 1.99. The van der Waals surface area contributed by atoms with Gasteiger partial charge >= 0.3 is 12.0 Å². The van der Waals surface area contributed by atoms with Crippen LogP contribution in [0.2, 0.25) is 0 Å². The number of halogens is 1. The lowest BCUT2D eigenvalue weighted by Gasteiger charge is -2.26. The van der Waals surface area contributed by atoms with E-state index in [1.807, 2.05) is 0 Å². The number of urea groups is 1. The molecule has 1 aliphatic heterocycles. The number of carbonyl (C=O) groups excluding carboxylic acids is 3. The summed E-state index contributed by atoms with van der Waals surface area (Å²) >= 11 is 0. The summed E-state index contributed by atoms with van der Waals surface area (Å²) in [5, 5.41) is 10.9. The van der Waals surface area contributed by atoms with Crippen LogP contribution in [0.1, 0.15) is 11.1 Å². The van der Waals surface area contributed by atoms with Crippen LogP contribution in [0.4, 0.5) is 9.18 Å². The smallest absolute Gasteiger partial charge is 0.341 e. The number of carbonyl (C=O) groups is 4. The molecular weight excluding hydrogens is 395 g/mol. The maximum absolute atomic E-state index is 13.0. The van der Waals surface area contributed by atoms with E-state index in [-0.39, 0.29) is 24.3 Å². The van der Waals surface area contributed by atoms with Gasteiger partial charge in [0.1, 0.15) is 17.1 Å². The first kappa shape index (κ1) is 20.7. The molecule has 0 spiro atoms. The Hall–Kier alpha value is -4.01. The van der Waals surface area contributed by atoms with E-state index in [4.69, 9.17) is 9.84 Å². The van der Waals surface area contributed by atoms with Crippen LogP contribution in [0.15, 0.2) is 54.1 Å². The number of carboxylic acids is 1. The first-order chi connectivity index (χ1) is 14.3. The van der Waals surface area contributed by atoms with Crippen LogP contribution in [-0.4, -0.2) is 47.0 Å². The molecule has 2 N–H and O–H groups in total. The Morgan fingerprint density at radius 1 is 1.10 bits per heavy atom. The molecule has 9 heteroatoms. The van der Waals surface area contributed by atoms with Crippen LogP contribution in [0.3, 0.4) is 0 Å². The number of barbiturate groups is 1. The molecule has 0 radical (unpaired) electrons. The van der Waals surface area contributed by atoms with Crippen LogP contribution in [0.25, 0.3) is 6.08 Å². The highest BCUT2D eigenvalue weighted by atomic mass is 19.1. The lowest BCUT2D eigenvalue weighted by Crippen LogP contribution is -2.54. The molecule has 0 saturated carbocycles. The fourth-order valence-corrected chi connectivity index (χ4v) is 2.82. The van der Waals surface area contributed by atoms with Gasteiger partial charge in [-0.05, 0) is 36.3 Å². The molecule has 4 amide bonds. The summed E-state index contributed by atoms with van der Waals surface area (Å²) in [6, 6.07) is 11.1. The van der Waals surface area contributed by atoms with Crippen molar-refractivity contribution >= 4 is 29.9 Å². The summed E-state index contributed by atoms with van der Waals surface area (Å²) in [5.74, 6) is -3.07. The zero-order valence-electron chi connectivity index (χ0n) is 15.6. The average Bonchev–Trinajstić information content (AvgIpc) is 2.71. The molecule has 3 rings (SSSR count). The normalized spacial score (nSPS) is 15.3.